The van der Waals surface area contributed by atoms with Crippen LogP contribution in [0.25, 0.3) is 0 Å². The van der Waals surface area contributed by atoms with Gasteiger partial charge in [-0.3, -0.25) is 14.4 Å². The largest absolute Gasteiger partial charge is 0.487 e. The number of carbonyl (C=O) groups excluding carboxylic acids is 3. The number of aliphatic hydroxyl groups is 1. The summed E-state index contributed by atoms with van der Waals surface area (Å²) < 4.78 is 6.57. The standard InChI is InChI=1S/C38H48O5/c1-23(2)15-17-28-22-37(20-19-25(5)6)32(40)29(18-16-24(3)4)34-38(35(37)42,31(39)27-13-11-10-12-14-27)30(21-26(28)7)33(41)36(8,9)43-34/h10-16,19,21,28,30,33,41H,17-18,20,22H2,1-9H3/t28-,30+,33+,37+,38+/m0/s1. The van der Waals surface area contributed by atoms with Crippen molar-refractivity contribution in [2.24, 2.45) is 22.7 Å². The van der Waals surface area contributed by atoms with E-state index in [0.717, 1.165) is 22.3 Å². The Morgan fingerprint density at radius 1 is 0.953 bits per heavy atom. The summed E-state index contributed by atoms with van der Waals surface area (Å²) in [5.74, 6) is -2.05. The van der Waals surface area contributed by atoms with Gasteiger partial charge in [0.05, 0.1) is 5.41 Å². The highest BCUT2D eigenvalue weighted by atomic mass is 16.5. The smallest absolute Gasteiger partial charge is 0.184 e. The molecule has 4 rings (SSSR count). The van der Waals surface area contributed by atoms with Crippen molar-refractivity contribution in [3.63, 3.8) is 0 Å². The zero-order valence-corrected chi connectivity index (χ0v) is 27.3. The van der Waals surface area contributed by atoms with Crippen molar-refractivity contribution >= 4 is 17.3 Å². The highest BCUT2D eigenvalue weighted by Crippen LogP contribution is 2.62. The molecule has 1 N–H and O–H groups in total. The third kappa shape index (κ3) is 5.57. The fourth-order valence-electron chi connectivity index (χ4n) is 7.01. The monoisotopic (exact) mass is 584 g/mol. The van der Waals surface area contributed by atoms with E-state index in [1.807, 2.05) is 72.8 Å². The van der Waals surface area contributed by atoms with Gasteiger partial charge in [-0.15, -0.1) is 0 Å². The van der Waals surface area contributed by atoms with Crippen LogP contribution in [-0.2, 0) is 14.3 Å². The molecule has 0 saturated carbocycles. The number of ketones is 3. The number of aliphatic hydroxyl groups excluding tert-OH is 1. The van der Waals surface area contributed by atoms with Crippen molar-refractivity contribution in [3.05, 3.63) is 93.8 Å². The molecule has 1 saturated heterocycles. The summed E-state index contributed by atoms with van der Waals surface area (Å²) in [7, 11) is 0. The minimum absolute atomic E-state index is 0.119. The number of hydrogen-bond donors (Lipinski definition) is 1. The second kappa shape index (κ2) is 12.0. The molecule has 0 aromatic heterocycles. The van der Waals surface area contributed by atoms with Crippen LogP contribution in [-0.4, -0.2) is 34.2 Å². The van der Waals surface area contributed by atoms with E-state index in [-0.39, 0.29) is 36.7 Å². The maximum atomic E-state index is 15.5. The first-order valence-electron chi connectivity index (χ1n) is 15.5. The predicted octanol–water partition coefficient (Wildman–Crippen LogP) is 8.07. The van der Waals surface area contributed by atoms with Crippen LogP contribution in [0, 0.1) is 22.7 Å². The number of allylic oxidation sites excluding steroid dienone is 9. The van der Waals surface area contributed by atoms with E-state index in [0.29, 0.717) is 17.6 Å². The van der Waals surface area contributed by atoms with E-state index < -0.39 is 40.0 Å². The van der Waals surface area contributed by atoms with E-state index >= 15 is 14.4 Å². The van der Waals surface area contributed by atoms with Crippen LogP contribution in [0.1, 0.15) is 98.4 Å². The Kier molecular flexibility index (Phi) is 9.09. The molecule has 1 heterocycles. The van der Waals surface area contributed by atoms with E-state index in [9.17, 15) is 5.11 Å². The Morgan fingerprint density at radius 2 is 1.56 bits per heavy atom. The highest BCUT2D eigenvalue weighted by Gasteiger charge is 2.72. The highest BCUT2D eigenvalue weighted by molar-refractivity contribution is 6.29. The summed E-state index contributed by atoms with van der Waals surface area (Å²) in [6.07, 6.45) is 8.21. The molecule has 0 unspecified atom stereocenters. The SMILES string of the molecule is CC(C)=CCC1=C2OC(C)(C)[C@H](O)[C@H]3C=C(C)[C@@H](CC=C(C)C)C[C@](CC=C(C)C)(C1=O)C(=O)[C@]23C(=O)c1ccccc1. The van der Waals surface area contributed by atoms with Crippen LogP contribution in [0.2, 0.25) is 0 Å². The lowest BCUT2D eigenvalue weighted by atomic mass is 9.47. The van der Waals surface area contributed by atoms with Crippen molar-refractivity contribution in [2.75, 3.05) is 0 Å². The van der Waals surface area contributed by atoms with Crippen LogP contribution < -0.4 is 0 Å². The second-order valence-corrected chi connectivity index (χ2v) is 14.0. The number of Topliss-reactive ketones (excluding diaryl/α,β-unsaturated/α-hetero) is 3. The second-order valence-electron chi connectivity index (χ2n) is 14.0. The zero-order chi connectivity index (χ0) is 31.9. The van der Waals surface area contributed by atoms with Gasteiger partial charge < -0.3 is 9.84 Å². The average Bonchev–Trinajstić information content (AvgIpc) is 2.94. The molecular weight excluding hydrogens is 536 g/mol. The summed E-state index contributed by atoms with van der Waals surface area (Å²) in [6, 6.07) is 8.77. The minimum atomic E-state index is -1.88. The lowest BCUT2D eigenvalue weighted by molar-refractivity contribution is -0.179. The van der Waals surface area contributed by atoms with Crippen LogP contribution in [0.5, 0.6) is 0 Å². The molecule has 1 aliphatic heterocycles. The molecule has 2 bridgehead atoms. The number of hydrogen-bond acceptors (Lipinski definition) is 5. The van der Waals surface area contributed by atoms with Crippen LogP contribution in [0.15, 0.2) is 88.3 Å². The molecule has 2 aliphatic carbocycles. The normalized spacial score (nSPS) is 29.4. The van der Waals surface area contributed by atoms with Gasteiger partial charge in [-0.2, -0.15) is 0 Å². The molecule has 0 spiro atoms. The first kappa shape index (κ1) is 32.6. The molecule has 0 radical (unpaired) electrons. The van der Waals surface area contributed by atoms with Gasteiger partial charge in [0.1, 0.15) is 17.5 Å². The Bertz CT molecular complexity index is 1450. The first-order valence-corrected chi connectivity index (χ1v) is 15.5. The van der Waals surface area contributed by atoms with Gasteiger partial charge in [-0.05, 0) is 93.9 Å². The van der Waals surface area contributed by atoms with Gasteiger partial charge in [-0.1, -0.05) is 76.9 Å². The van der Waals surface area contributed by atoms with E-state index in [1.165, 1.54) is 0 Å². The number of benzene rings is 1. The van der Waals surface area contributed by atoms with Crippen molar-refractivity contribution in [1.29, 1.82) is 0 Å². The van der Waals surface area contributed by atoms with Crippen LogP contribution >= 0.6 is 0 Å². The summed E-state index contributed by atoms with van der Waals surface area (Å²) in [4.78, 5) is 45.6. The maximum Gasteiger partial charge on any atom is 0.184 e. The zero-order valence-electron chi connectivity index (χ0n) is 27.3. The molecule has 3 aliphatic rings. The third-order valence-corrected chi connectivity index (χ3v) is 9.51. The number of carbonyl (C=O) groups is 3. The first-order chi connectivity index (χ1) is 20.1. The van der Waals surface area contributed by atoms with Crippen molar-refractivity contribution in [2.45, 2.75) is 99.7 Å². The van der Waals surface area contributed by atoms with Gasteiger partial charge in [0.2, 0.25) is 0 Å². The Hall–Kier alpha value is -3.31. The van der Waals surface area contributed by atoms with Gasteiger partial charge in [0, 0.05) is 17.1 Å². The minimum Gasteiger partial charge on any atom is -0.487 e. The lowest BCUT2D eigenvalue weighted by Crippen LogP contribution is -2.68. The quantitative estimate of drug-likeness (QED) is 0.190. The summed E-state index contributed by atoms with van der Waals surface area (Å²) in [6.45, 7) is 17.5. The van der Waals surface area contributed by atoms with Crippen molar-refractivity contribution in [3.8, 4) is 0 Å². The molecule has 1 aromatic carbocycles. The summed E-state index contributed by atoms with van der Waals surface area (Å²) in [5.41, 5.74) is 0.333. The fourth-order valence-corrected chi connectivity index (χ4v) is 7.01. The van der Waals surface area contributed by atoms with Gasteiger partial charge in [0.15, 0.2) is 22.8 Å². The van der Waals surface area contributed by atoms with Gasteiger partial charge in [-0.25, -0.2) is 0 Å². The van der Waals surface area contributed by atoms with Gasteiger partial charge >= 0.3 is 0 Å². The average molecular weight is 585 g/mol. The molecule has 43 heavy (non-hydrogen) atoms. The lowest BCUT2D eigenvalue weighted by Gasteiger charge is -2.57. The van der Waals surface area contributed by atoms with Crippen LogP contribution in [0.3, 0.4) is 0 Å². The molecule has 5 nitrogen and oxygen atoms in total. The summed E-state index contributed by atoms with van der Waals surface area (Å²) >= 11 is 0. The van der Waals surface area contributed by atoms with Gasteiger partial charge in [0.25, 0.3) is 0 Å². The predicted molar refractivity (Wildman–Crippen MR) is 171 cm³/mol. The molecule has 0 amide bonds. The number of rotatable bonds is 8. The third-order valence-electron chi connectivity index (χ3n) is 9.51. The van der Waals surface area contributed by atoms with E-state index in [1.54, 1.807) is 38.1 Å². The molecule has 230 valence electrons. The molecule has 5 heteroatoms. The summed E-state index contributed by atoms with van der Waals surface area (Å²) in [5, 5.41) is 12.0. The number of fused-ring (bicyclic) bond motifs is 1. The molecule has 1 aromatic rings. The van der Waals surface area contributed by atoms with Crippen molar-refractivity contribution < 1.29 is 24.2 Å². The molecule has 1 fully saturated rings. The molecule has 5 atom stereocenters. The molecular formula is C38H48O5. The number of ether oxygens (including phenoxy) is 1. The van der Waals surface area contributed by atoms with Crippen molar-refractivity contribution in [1.82, 2.24) is 0 Å². The topological polar surface area (TPSA) is 80.7 Å². The Morgan fingerprint density at radius 3 is 2.14 bits per heavy atom. The van der Waals surface area contributed by atoms with E-state index in [4.69, 9.17) is 4.74 Å². The maximum absolute atomic E-state index is 15.5. The van der Waals surface area contributed by atoms with Crippen LogP contribution in [0.4, 0.5) is 0 Å². The Labute approximate surface area is 257 Å². The Balaban J connectivity index is 2.21. The fraction of sp³-hybridized carbons (Fsp3) is 0.500. The van der Waals surface area contributed by atoms with E-state index in [2.05, 4.69) is 6.08 Å².